The lowest BCUT2D eigenvalue weighted by molar-refractivity contribution is 0.607. The van der Waals surface area contributed by atoms with Gasteiger partial charge < -0.3 is 15.2 Å². The summed E-state index contributed by atoms with van der Waals surface area (Å²) < 4.78 is 1.58. The topological polar surface area (TPSA) is 46.1 Å². The molecule has 88 valence electrons. The first-order chi connectivity index (χ1) is 7.75. The molecule has 1 fully saturated rings. The molecular weight excluding hydrogens is 202 g/mol. The van der Waals surface area contributed by atoms with E-state index in [0.717, 1.165) is 31.2 Å². The molecule has 1 aliphatic rings. The van der Waals surface area contributed by atoms with Crippen molar-refractivity contribution >= 4 is 0 Å². The Labute approximate surface area is 95.7 Å². The van der Waals surface area contributed by atoms with Gasteiger partial charge in [-0.3, -0.25) is 4.79 Å². The fourth-order valence-electron chi connectivity index (χ4n) is 1.58. The molecule has 0 spiro atoms. The van der Waals surface area contributed by atoms with Gasteiger partial charge in [-0.05, 0) is 24.5 Å². The summed E-state index contributed by atoms with van der Waals surface area (Å²) in [5.74, 6) is 0. The molecule has 0 saturated heterocycles. The van der Waals surface area contributed by atoms with E-state index >= 15 is 0 Å². The summed E-state index contributed by atoms with van der Waals surface area (Å²) in [6.07, 6.45) is 4.46. The predicted molar refractivity (Wildman–Crippen MR) is 64.4 cm³/mol. The first-order valence-corrected chi connectivity index (χ1v) is 5.85. The van der Waals surface area contributed by atoms with E-state index in [1.807, 2.05) is 12.3 Å². The molecule has 0 aromatic carbocycles. The Bertz CT molecular complexity index is 395. The molecule has 0 amide bonds. The Morgan fingerprint density at radius 1 is 1.44 bits per heavy atom. The zero-order valence-electron chi connectivity index (χ0n) is 9.70. The van der Waals surface area contributed by atoms with Gasteiger partial charge in [-0.2, -0.15) is 0 Å². The van der Waals surface area contributed by atoms with Crippen molar-refractivity contribution in [2.45, 2.75) is 25.4 Å². The molecule has 1 aromatic heterocycles. The van der Waals surface area contributed by atoms with E-state index in [1.54, 1.807) is 17.7 Å². The predicted octanol–water partition coefficient (Wildman–Crippen LogP) is 0.227. The summed E-state index contributed by atoms with van der Waals surface area (Å²) in [4.78, 5) is 11.3. The van der Waals surface area contributed by atoms with E-state index in [1.165, 1.54) is 12.8 Å². The third-order valence-electron chi connectivity index (χ3n) is 2.81. The van der Waals surface area contributed by atoms with Crippen LogP contribution in [0.4, 0.5) is 0 Å². The van der Waals surface area contributed by atoms with Crippen LogP contribution in [0.2, 0.25) is 0 Å². The van der Waals surface area contributed by atoms with Crippen LogP contribution in [0.15, 0.2) is 23.1 Å². The minimum atomic E-state index is 0.0513. The molecule has 4 heteroatoms. The minimum absolute atomic E-state index is 0.0513. The van der Waals surface area contributed by atoms with E-state index in [2.05, 4.69) is 10.6 Å². The number of nitrogens with zero attached hydrogens (tertiary/aromatic N) is 1. The van der Waals surface area contributed by atoms with Gasteiger partial charge in [0, 0.05) is 45.0 Å². The SMILES string of the molecule is Cn1ccc(CNCCNC2CC2)cc1=O. The standard InChI is InChI=1S/C12H19N3O/c1-15-7-4-10(8-12(15)16)9-13-5-6-14-11-2-3-11/h4,7-8,11,13-14H,2-3,5-6,9H2,1H3. The van der Waals surface area contributed by atoms with Gasteiger partial charge in [0.2, 0.25) is 0 Å². The lowest BCUT2D eigenvalue weighted by atomic mass is 10.2. The second-order valence-corrected chi connectivity index (χ2v) is 4.39. The van der Waals surface area contributed by atoms with Crippen molar-refractivity contribution in [2.24, 2.45) is 7.05 Å². The average molecular weight is 221 g/mol. The first kappa shape index (κ1) is 11.4. The molecule has 1 aliphatic carbocycles. The zero-order valence-corrected chi connectivity index (χ0v) is 9.70. The summed E-state index contributed by atoms with van der Waals surface area (Å²) in [5.41, 5.74) is 1.10. The Kier molecular flexibility index (Phi) is 3.74. The van der Waals surface area contributed by atoms with Crippen molar-refractivity contribution in [2.75, 3.05) is 13.1 Å². The third-order valence-corrected chi connectivity index (χ3v) is 2.81. The van der Waals surface area contributed by atoms with E-state index in [-0.39, 0.29) is 5.56 Å². The van der Waals surface area contributed by atoms with Crippen LogP contribution in [0.25, 0.3) is 0 Å². The third kappa shape index (κ3) is 3.47. The van der Waals surface area contributed by atoms with Gasteiger partial charge in [-0.15, -0.1) is 0 Å². The number of hydrogen-bond donors (Lipinski definition) is 2. The molecular formula is C12H19N3O. The van der Waals surface area contributed by atoms with Gasteiger partial charge in [0.15, 0.2) is 0 Å². The van der Waals surface area contributed by atoms with Gasteiger partial charge in [0.05, 0.1) is 0 Å². The fourth-order valence-corrected chi connectivity index (χ4v) is 1.58. The van der Waals surface area contributed by atoms with Crippen molar-refractivity contribution in [1.29, 1.82) is 0 Å². The van der Waals surface area contributed by atoms with Crippen molar-refractivity contribution < 1.29 is 0 Å². The highest BCUT2D eigenvalue weighted by Crippen LogP contribution is 2.17. The molecule has 4 nitrogen and oxygen atoms in total. The molecule has 16 heavy (non-hydrogen) atoms. The van der Waals surface area contributed by atoms with Gasteiger partial charge in [0.25, 0.3) is 5.56 Å². The van der Waals surface area contributed by atoms with Crippen LogP contribution in [0.5, 0.6) is 0 Å². The van der Waals surface area contributed by atoms with Gasteiger partial charge in [-0.25, -0.2) is 0 Å². The van der Waals surface area contributed by atoms with Crippen molar-refractivity contribution in [1.82, 2.24) is 15.2 Å². The monoisotopic (exact) mass is 221 g/mol. The highest BCUT2D eigenvalue weighted by atomic mass is 16.1. The second-order valence-electron chi connectivity index (χ2n) is 4.39. The molecule has 0 radical (unpaired) electrons. The maximum absolute atomic E-state index is 11.3. The molecule has 1 saturated carbocycles. The second kappa shape index (κ2) is 5.27. The van der Waals surface area contributed by atoms with Crippen LogP contribution in [-0.4, -0.2) is 23.7 Å². The van der Waals surface area contributed by atoms with Gasteiger partial charge in [0.1, 0.15) is 0 Å². The van der Waals surface area contributed by atoms with Crippen LogP contribution in [0, 0.1) is 0 Å². The number of aryl methyl sites for hydroxylation is 1. The average Bonchev–Trinajstić information content (AvgIpc) is 3.07. The summed E-state index contributed by atoms with van der Waals surface area (Å²) in [6.45, 7) is 2.73. The van der Waals surface area contributed by atoms with E-state index in [4.69, 9.17) is 0 Å². The van der Waals surface area contributed by atoms with Crippen LogP contribution < -0.4 is 16.2 Å². The van der Waals surface area contributed by atoms with Crippen molar-refractivity contribution in [3.05, 3.63) is 34.2 Å². The van der Waals surface area contributed by atoms with E-state index < -0.39 is 0 Å². The summed E-state index contributed by atoms with van der Waals surface area (Å²) in [6, 6.07) is 4.43. The summed E-state index contributed by atoms with van der Waals surface area (Å²) >= 11 is 0. The van der Waals surface area contributed by atoms with Crippen LogP contribution in [-0.2, 0) is 13.6 Å². The van der Waals surface area contributed by atoms with Crippen LogP contribution >= 0.6 is 0 Å². The first-order valence-electron chi connectivity index (χ1n) is 5.85. The minimum Gasteiger partial charge on any atom is -0.319 e. The fraction of sp³-hybridized carbons (Fsp3) is 0.583. The summed E-state index contributed by atoms with van der Waals surface area (Å²) in [7, 11) is 1.76. The normalized spacial score (nSPS) is 15.3. The summed E-state index contributed by atoms with van der Waals surface area (Å²) in [5, 5.41) is 6.76. The van der Waals surface area contributed by atoms with Crippen LogP contribution in [0.3, 0.4) is 0 Å². The van der Waals surface area contributed by atoms with E-state index in [9.17, 15) is 4.79 Å². The largest absolute Gasteiger partial charge is 0.319 e. The lowest BCUT2D eigenvalue weighted by Gasteiger charge is -2.06. The molecule has 0 unspecified atom stereocenters. The number of aromatic nitrogens is 1. The number of rotatable bonds is 6. The van der Waals surface area contributed by atoms with Gasteiger partial charge in [-0.1, -0.05) is 0 Å². The highest BCUT2D eigenvalue weighted by Gasteiger charge is 2.19. The molecule has 1 aromatic rings. The molecule has 2 rings (SSSR count). The van der Waals surface area contributed by atoms with Crippen molar-refractivity contribution in [3.8, 4) is 0 Å². The molecule has 0 bridgehead atoms. The molecule has 2 N–H and O–H groups in total. The molecule has 0 atom stereocenters. The maximum atomic E-state index is 11.3. The Balaban J connectivity index is 1.67. The van der Waals surface area contributed by atoms with E-state index in [0.29, 0.717) is 0 Å². The number of nitrogens with one attached hydrogen (secondary N) is 2. The number of hydrogen-bond acceptors (Lipinski definition) is 3. The zero-order chi connectivity index (χ0) is 11.4. The molecule has 1 heterocycles. The molecule has 0 aliphatic heterocycles. The highest BCUT2D eigenvalue weighted by molar-refractivity contribution is 5.10. The maximum Gasteiger partial charge on any atom is 0.250 e. The Morgan fingerprint density at radius 2 is 2.25 bits per heavy atom. The quantitative estimate of drug-likeness (QED) is 0.676. The Hall–Kier alpha value is -1.13. The Morgan fingerprint density at radius 3 is 2.94 bits per heavy atom. The van der Waals surface area contributed by atoms with Crippen LogP contribution in [0.1, 0.15) is 18.4 Å². The smallest absolute Gasteiger partial charge is 0.250 e. The lowest BCUT2D eigenvalue weighted by Crippen LogP contribution is -2.28. The number of pyridine rings is 1. The van der Waals surface area contributed by atoms with Crippen molar-refractivity contribution in [3.63, 3.8) is 0 Å². The van der Waals surface area contributed by atoms with Gasteiger partial charge >= 0.3 is 0 Å².